The molecule has 0 aliphatic rings. The molecule has 0 rings (SSSR count). The summed E-state index contributed by atoms with van der Waals surface area (Å²) in [5.74, 6) is -0.493. The highest BCUT2D eigenvalue weighted by molar-refractivity contribution is 5.77. The Hall–Kier alpha value is -2.18. The Morgan fingerprint density at radius 1 is 0.508 bits per heavy atom. The van der Waals surface area contributed by atoms with Gasteiger partial charge in [0.2, 0.25) is 5.91 Å². The molecule has 3 atom stereocenters. The van der Waals surface area contributed by atoms with Crippen molar-refractivity contribution in [3.63, 3.8) is 0 Å². The van der Waals surface area contributed by atoms with E-state index in [1.54, 1.807) is 0 Å². The molecule has 0 fully saturated rings. The predicted molar refractivity (Wildman–Crippen MR) is 255 cm³/mol. The van der Waals surface area contributed by atoms with Gasteiger partial charge in [0.15, 0.2) is 0 Å². The summed E-state index contributed by atoms with van der Waals surface area (Å²) in [7, 11) is 0. The Balaban J connectivity index is 4.62. The summed E-state index contributed by atoms with van der Waals surface area (Å²) < 4.78 is 5.92. The van der Waals surface area contributed by atoms with Crippen molar-refractivity contribution in [2.75, 3.05) is 6.61 Å². The maximum absolute atomic E-state index is 13.2. The SMILES string of the molecule is CC/C=C/C/C=C/CCCCCCCCCC(=O)OC(CCCCCCC/C=C\C/C=C\CCCCC)CC(=O)NC(CO)C(O)CCCCCCCCCCCCC. The van der Waals surface area contributed by atoms with Crippen LogP contribution in [0.3, 0.4) is 0 Å². The normalized spacial score (nSPS) is 13.6. The van der Waals surface area contributed by atoms with Gasteiger partial charge in [-0.15, -0.1) is 0 Å². The Morgan fingerprint density at radius 2 is 0.915 bits per heavy atom. The number of nitrogens with one attached hydrogen (secondary N) is 1. The van der Waals surface area contributed by atoms with Crippen LogP contribution in [0.15, 0.2) is 48.6 Å². The number of amides is 1. The molecule has 0 heterocycles. The van der Waals surface area contributed by atoms with E-state index in [0.29, 0.717) is 19.3 Å². The molecule has 0 aromatic rings. The van der Waals surface area contributed by atoms with E-state index in [4.69, 9.17) is 4.74 Å². The minimum atomic E-state index is -0.791. The summed E-state index contributed by atoms with van der Waals surface area (Å²) >= 11 is 0. The van der Waals surface area contributed by atoms with Gasteiger partial charge < -0.3 is 20.3 Å². The van der Waals surface area contributed by atoms with Crippen LogP contribution in [0.25, 0.3) is 0 Å². The van der Waals surface area contributed by atoms with Crippen molar-refractivity contribution in [3.8, 4) is 0 Å². The Labute approximate surface area is 366 Å². The topological polar surface area (TPSA) is 95.9 Å². The zero-order valence-corrected chi connectivity index (χ0v) is 39.1. The van der Waals surface area contributed by atoms with Crippen LogP contribution in [0.1, 0.15) is 252 Å². The molecular formula is C53H97NO5. The van der Waals surface area contributed by atoms with E-state index in [1.807, 2.05) is 0 Å². The molecule has 344 valence electrons. The van der Waals surface area contributed by atoms with Gasteiger partial charge in [-0.2, -0.15) is 0 Å². The summed E-state index contributed by atoms with van der Waals surface area (Å²) in [6.45, 7) is 6.34. The second-order valence-electron chi connectivity index (χ2n) is 17.2. The van der Waals surface area contributed by atoms with E-state index in [9.17, 15) is 19.8 Å². The number of aliphatic hydroxyl groups excluding tert-OH is 2. The molecule has 0 aliphatic carbocycles. The van der Waals surface area contributed by atoms with Crippen molar-refractivity contribution >= 4 is 11.9 Å². The average Bonchev–Trinajstić information content (AvgIpc) is 3.23. The molecule has 0 saturated carbocycles. The van der Waals surface area contributed by atoms with Gasteiger partial charge in [-0.05, 0) is 83.5 Å². The van der Waals surface area contributed by atoms with Gasteiger partial charge in [0.25, 0.3) is 0 Å². The van der Waals surface area contributed by atoms with Crippen molar-refractivity contribution in [3.05, 3.63) is 48.6 Å². The first kappa shape index (κ1) is 56.8. The largest absolute Gasteiger partial charge is 0.462 e. The van der Waals surface area contributed by atoms with Crippen LogP contribution in [0.2, 0.25) is 0 Å². The van der Waals surface area contributed by atoms with Gasteiger partial charge >= 0.3 is 5.97 Å². The highest BCUT2D eigenvalue weighted by Gasteiger charge is 2.24. The van der Waals surface area contributed by atoms with E-state index < -0.39 is 18.2 Å². The third-order valence-corrected chi connectivity index (χ3v) is 11.4. The lowest BCUT2D eigenvalue weighted by molar-refractivity contribution is -0.151. The summed E-state index contributed by atoms with van der Waals surface area (Å²) in [5, 5.41) is 23.7. The van der Waals surface area contributed by atoms with E-state index >= 15 is 0 Å². The Kier molecular flexibility index (Phi) is 45.1. The van der Waals surface area contributed by atoms with Gasteiger partial charge in [-0.1, -0.05) is 204 Å². The lowest BCUT2D eigenvalue weighted by Gasteiger charge is -2.24. The van der Waals surface area contributed by atoms with E-state index in [2.05, 4.69) is 74.7 Å². The van der Waals surface area contributed by atoms with Crippen LogP contribution in [0.4, 0.5) is 0 Å². The number of carbonyl (C=O) groups is 2. The zero-order valence-electron chi connectivity index (χ0n) is 39.1. The van der Waals surface area contributed by atoms with Crippen molar-refractivity contribution in [2.24, 2.45) is 0 Å². The lowest BCUT2D eigenvalue weighted by atomic mass is 10.0. The molecule has 0 radical (unpaired) electrons. The van der Waals surface area contributed by atoms with Crippen LogP contribution >= 0.6 is 0 Å². The number of carbonyl (C=O) groups excluding carboxylic acids is 2. The van der Waals surface area contributed by atoms with E-state index in [-0.39, 0.29) is 24.9 Å². The van der Waals surface area contributed by atoms with Gasteiger partial charge in [-0.3, -0.25) is 9.59 Å². The molecule has 3 unspecified atom stereocenters. The minimum Gasteiger partial charge on any atom is -0.462 e. The summed E-state index contributed by atoms with van der Waals surface area (Å²) in [5.41, 5.74) is 0. The van der Waals surface area contributed by atoms with Crippen LogP contribution < -0.4 is 5.32 Å². The number of unbranched alkanes of at least 4 members (excludes halogenated alkanes) is 25. The van der Waals surface area contributed by atoms with E-state index in [0.717, 1.165) is 89.9 Å². The van der Waals surface area contributed by atoms with Gasteiger partial charge in [0, 0.05) is 6.42 Å². The Morgan fingerprint density at radius 3 is 1.41 bits per heavy atom. The molecule has 0 spiro atoms. The molecule has 59 heavy (non-hydrogen) atoms. The third-order valence-electron chi connectivity index (χ3n) is 11.4. The van der Waals surface area contributed by atoms with Gasteiger partial charge in [0.05, 0.1) is 25.2 Å². The van der Waals surface area contributed by atoms with Crippen LogP contribution in [0.5, 0.6) is 0 Å². The molecule has 0 aliphatic heterocycles. The minimum absolute atomic E-state index is 0.0654. The van der Waals surface area contributed by atoms with Crippen molar-refractivity contribution in [2.45, 2.75) is 270 Å². The highest BCUT2D eigenvalue weighted by Crippen LogP contribution is 2.18. The number of esters is 1. The van der Waals surface area contributed by atoms with Crippen molar-refractivity contribution in [1.29, 1.82) is 0 Å². The monoisotopic (exact) mass is 828 g/mol. The predicted octanol–water partition coefficient (Wildman–Crippen LogP) is 15.1. The fraction of sp³-hybridized carbons (Fsp3) is 0.811. The van der Waals surface area contributed by atoms with Crippen LogP contribution in [-0.4, -0.2) is 46.9 Å². The summed E-state index contributed by atoms with van der Waals surface area (Å²) in [4.78, 5) is 26.1. The van der Waals surface area contributed by atoms with Crippen molar-refractivity contribution < 1.29 is 24.5 Å². The smallest absolute Gasteiger partial charge is 0.306 e. The lowest BCUT2D eigenvalue weighted by Crippen LogP contribution is -2.46. The molecule has 6 nitrogen and oxygen atoms in total. The fourth-order valence-electron chi connectivity index (χ4n) is 7.56. The molecule has 0 bridgehead atoms. The summed E-state index contributed by atoms with van der Waals surface area (Å²) in [6.07, 6.45) is 55.9. The highest BCUT2D eigenvalue weighted by atomic mass is 16.5. The quantitative estimate of drug-likeness (QED) is 0.0323. The third kappa shape index (κ3) is 42.3. The molecule has 1 amide bonds. The molecule has 0 aromatic carbocycles. The van der Waals surface area contributed by atoms with Gasteiger partial charge in [-0.25, -0.2) is 0 Å². The average molecular weight is 828 g/mol. The second kappa shape index (κ2) is 46.9. The van der Waals surface area contributed by atoms with Crippen LogP contribution in [0, 0.1) is 0 Å². The number of hydrogen-bond acceptors (Lipinski definition) is 5. The first-order valence-electron chi connectivity index (χ1n) is 25.4. The first-order chi connectivity index (χ1) is 29.0. The number of aliphatic hydroxyl groups is 2. The number of hydrogen-bond donors (Lipinski definition) is 3. The van der Waals surface area contributed by atoms with Crippen molar-refractivity contribution in [1.82, 2.24) is 5.32 Å². The second-order valence-corrected chi connectivity index (χ2v) is 17.2. The maximum Gasteiger partial charge on any atom is 0.306 e. The fourth-order valence-corrected chi connectivity index (χ4v) is 7.56. The molecule has 0 aromatic heterocycles. The number of rotatable bonds is 45. The standard InChI is InChI=1S/C53H97NO5/c1-4-7-10-13-16-19-22-24-26-27-30-32-35-38-41-44-49(59-53(58)46-43-40-37-34-31-28-25-23-20-17-14-11-8-5-2)47-52(57)54-50(48-55)51(56)45-42-39-36-33-29-21-18-15-12-9-6-3/h8,11,16-17,19-20,24,26,49-51,55-56H,4-7,9-10,12-15,18,21-23,25,27-48H2,1-3H3,(H,54,57)/b11-8+,19-16-,20-17+,26-24-. The molecule has 0 saturated heterocycles. The zero-order chi connectivity index (χ0) is 43.1. The van der Waals surface area contributed by atoms with Gasteiger partial charge in [0.1, 0.15) is 6.10 Å². The molecule has 3 N–H and O–H groups in total. The Bertz CT molecular complexity index is 1020. The number of ether oxygens (including phenoxy) is 1. The summed E-state index contributed by atoms with van der Waals surface area (Å²) in [6, 6.07) is -0.706. The van der Waals surface area contributed by atoms with E-state index in [1.165, 1.54) is 116 Å². The molecular weight excluding hydrogens is 731 g/mol. The first-order valence-corrected chi connectivity index (χ1v) is 25.4. The maximum atomic E-state index is 13.2. The number of allylic oxidation sites excluding steroid dienone is 8. The molecule has 6 heteroatoms. The van der Waals surface area contributed by atoms with Crippen LogP contribution in [-0.2, 0) is 14.3 Å².